The van der Waals surface area contributed by atoms with E-state index in [9.17, 15) is 5.26 Å². The summed E-state index contributed by atoms with van der Waals surface area (Å²) in [5.41, 5.74) is 6.58. The minimum atomic E-state index is 0.612. The van der Waals surface area contributed by atoms with Crippen LogP contribution in [-0.4, -0.2) is 42.7 Å². The van der Waals surface area contributed by atoms with E-state index in [4.69, 9.17) is 0 Å². The number of H-pyrrole nitrogens is 1. The summed E-state index contributed by atoms with van der Waals surface area (Å²) in [6, 6.07) is 16.0. The molecule has 0 bridgehead atoms. The molecule has 1 aliphatic rings. The minimum Gasteiger partial charge on any atom is -0.359 e. The molecular formula is C24H31N5O. The lowest BCUT2D eigenvalue weighted by Gasteiger charge is -2.33. The summed E-state index contributed by atoms with van der Waals surface area (Å²) in [6.45, 7) is 8.61. The van der Waals surface area contributed by atoms with E-state index in [1.54, 1.807) is 0 Å². The second-order valence-electron chi connectivity index (χ2n) is 7.72. The van der Waals surface area contributed by atoms with Crippen molar-refractivity contribution in [2.24, 2.45) is 5.90 Å². The van der Waals surface area contributed by atoms with Crippen molar-refractivity contribution in [1.82, 2.24) is 15.2 Å². The summed E-state index contributed by atoms with van der Waals surface area (Å²) in [6.07, 6.45) is 2.99. The third kappa shape index (κ3) is 4.89. The highest BCUT2D eigenvalue weighted by Crippen LogP contribution is 2.32. The Bertz CT molecular complexity index is 1000. The Hall–Kier alpha value is -2.69. The lowest BCUT2D eigenvalue weighted by molar-refractivity contribution is 0.190. The highest BCUT2D eigenvalue weighted by molar-refractivity contribution is 5.99. The molecule has 0 amide bonds. The number of nitriles is 1. The van der Waals surface area contributed by atoms with E-state index >= 15 is 0 Å². The molecule has 2 aromatic carbocycles. The fourth-order valence-electron chi connectivity index (χ4n) is 4.11. The molecule has 1 atom stereocenters. The van der Waals surface area contributed by atoms with E-state index in [0.717, 1.165) is 48.2 Å². The first-order valence-corrected chi connectivity index (χ1v) is 10.4. The molecule has 2 heterocycles. The number of fused-ring (bicyclic) bond motifs is 1. The van der Waals surface area contributed by atoms with Crippen LogP contribution in [-0.2, 0) is 11.4 Å². The summed E-state index contributed by atoms with van der Waals surface area (Å²) >= 11 is 0. The van der Waals surface area contributed by atoms with Crippen LogP contribution in [0.1, 0.15) is 30.0 Å². The Labute approximate surface area is 178 Å². The molecule has 0 saturated carbocycles. The topological polar surface area (TPSA) is 90.1 Å². The molecule has 30 heavy (non-hydrogen) atoms. The van der Waals surface area contributed by atoms with Crippen molar-refractivity contribution in [2.45, 2.75) is 32.9 Å². The van der Waals surface area contributed by atoms with Gasteiger partial charge in [0.15, 0.2) is 0 Å². The van der Waals surface area contributed by atoms with Gasteiger partial charge < -0.3 is 15.1 Å². The van der Waals surface area contributed by atoms with Gasteiger partial charge in [0, 0.05) is 49.4 Å². The van der Waals surface area contributed by atoms with Crippen LogP contribution in [0.15, 0.2) is 42.6 Å². The van der Waals surface area contributed by atoms with Crippen LogP contribution in [0.2, 0.25) is 0 Å². The van der Waals surface area contributed by atoms with Crippen LogP contribution in [0.4, 0.5) is 0 Å². The van der Waals surface area contributed by atoms with E-state index in [1.807, 2.05) is 6.20 Å². The van der Waals surface area contributed by atoms with Gasteiger partial charge in [-0.05, 0) is 30.0 Å². The van der Waals surface area contributed by atoms with Gasteiger partial charge in [-0.15, -0.1) is 0 Å². The van der Waals surface area contributed by atoms with Crippen molar-refractivity contribution in [3.05, 3.63) is 59.3 Å². The van der Waals surface area contributed by atoms with Crippen molar-refractivity contribution >= 4 is 10.9 Å². The maximum atomic E-state index is 9.36. The number of aromatic nitrogens is 1. The Morgan fingerprint density at radius 1 is 1.23 bits per heavy atom. The molecule has 6 nitrogen and oxygen atoms in total. The maximum Gasteiger partial charge on any atom is 0.101 e. The molecular weight excluding hydrogens is 374 g/mol. The average molecular weight is 406 g/mol. The first-order chi connectivity index (χ1) is 14.6. The van der Waals surface area contributed by atoms with Gasteiger partial charge in [-0.25, -0.2) is 5.90 Å². The molecule has 6 heteroatoms. The second-order valence-corrected chi connectivity index (χ2v) is 7.72. The lowest BCUT2D eigenvalue weighted by Crippen LogP contribution is -2.49. The van der Waals surface area contributed by atoms with E-state index in [0.29, 0.717) is 11.6 Å². The number of rotatable bonds is 4. The van der Waals surface area contributed by atoms with Crippen molar-refractivity contribution in [3.8, 4) is 17.2 Å². The highest BCUT2D eigenvalue weighted by atomic mass is 16.6. The van der Waals surface area contributed by atoms with Gasteiger partial charge >= 0.3 is 0 Å². The first kappa shape index (κ1) is 22.0. The molecule has 158 valence electrons. The zero-order chi connectivity index (χ0) is 21.5. The summed E-state index contributed by atoms with van der Waals surface area (Å²) in [5, 5.41) is 14.0. The predicted octanol–water partition coefficient (Wildman–Crippen LogP) is 3.71. The van der Waals surface area contributed by atoms with Crippen molar-refractivity contribution < 1.29 is 4.84 Å². The van der Waals surface area contributed by atoms with Crippen molar-refractivity contribution in [1.29, 1.82) is 5.26 Å². The van der Waals surface area contributed by atoms with Gasteiger partial charge in [0.05, 0.1) is 18.2 Å². The molecule has 0 aliphatic carbocycles. The number of benzene rings is 2. The predicted molar refractivity (Wildman–Crippen MR) is 122 cm³/mol. The first-order valence-electron chi connectivity index (χ1n) is 10.4. The normalized spacial score (nSPS) is 16.7. The van der Waals surface area contributed by atoms with Gasteiger partial charge in [-0.2, -0.15) is 5.26 Å². The Morgan fingerprint density at radius 2 is 1.97 bits per heavy atom. The summed E-state index contributed by atoms with van der Waals surface area (Å²) < 4.78 is 0. The van der Waals surface area contributed by atoms with E-state index in [-0.39, 0.29) is 0 Å². The van der Waals surface area contributed by atoms with Gasteiger partial charge in [0.2, 0.25) is 0 Å². The molecule has 1 aromatic heterocycles. The van der Waals surface area contributed by atoms with Crippen molar-refractivity contribution in [2.75, 3.05) is 26.7 Å². The zero-order valence-corrected chi connectivity index (χ0v) is 18.0. The zero-order valence-electron chi connectivity index (χ0n) is 18.0. The Morgan fingerprint density at radius 3 is 2.63 bits per heavy atom. The molecule has 4 N–H and O–H groups in total. The van der Waals surface area contributed by atoms with Crippen LogP contribution < -0.4 is 11.2 Å². The molecule has 1 aliphatic heterocycles. The number of aromatic amines is 1. The molecule has 1 unspecified atom stereocenters. The third-order valence-corrected chi connectivity index (χ3v) is 5.67. The number of piperazine rings is 1. The van der Waals surface area contributed by atoms with Gasteiger partial charge in [0.1, 0.15) is 6.07 Å². The van der Waals surface area contributed by atoms with Gasteiger partial charge in [0.25, 0.3) is 0 Å². The van der Waals surface area contributed by atoms with Crippen LogP contribution in [0.5, 0.6) is 0 Å². The number of nitrogens with zero attached hydrogens (tertiary/aromatic N) is 2. The van der Waals surface area contributed by atoms with Crippen LogP contribution >= 0.6 is 0 Å². The fourth-order valence-corrected chi connectivity index (χ4v) is 4.11. The minimum absolute atomic E-state index is 0.612. The smallest absolute Gasteiger partial charge is 0.101 e. The number of nitrogens with two attached hydrogens (primary N) is 1. The second kappa shape index (κ2) is 10.4. The van der Waals surface area contributed by atoms with E-state index in [2.05, 4.69) is 82.3 Å². The average Bonchev–Trinajstić information content (AvgIpc) is 3.21. The van der Waals surface area contributed by atoms with E-state index in [1.165, 1.54) is 24.7 Å². The van der Waals surface area contributed by atoms with Crippen LogP contribution in [0, 0.1) is 18.3 Å². The maximum absolute atomic E-state index is 9.36. The number of nitrogens with one attached hydrogen (secondary N) is 2. The standard InChI is InChI=1S/C23H26N4.CH5NO/c1-3-20-15-27(11-10-25-20)14-17-5-7-18(8-6-17)21-9-4-16(2)22-19(12-24)13-26-23(21)22;1-3-2/h4-9,13,20,25-26H,3,10-11,14-15H2,1-2H3;2H2,1H3. The summed E-state index contributed by atoms with van der Waals surface area (Å²) in [5.74, 6) is 4.35. The molecule has 0 spiro atoms. The van der Waals surface area contributed by atoms with Gasteiger partial charge in [-0.1, -0.05) is 43.3 Å². The van der Waals surface area contributed by atoms with E-state index < -0.39 is 0 Å². The quantitative estimate of drug-likeness (QED) is 0.576. The highest BCUT2D eigenvalue weighted by Gasteiger charge is 2.18. The fraction of sp³-hybridized carbons (Fsp3) is 0.375. The number of aryl methyl sites for hydroxylation is 1. The largest absolute Gasteiger partial charge is 0.359 e. The number of hydrogen-bond acceptors (Lipinski definition) is 5. The number of hydrogen-bond donors (Lipinski definition) is 3. The molecule has 3 aromatic rings. The molecule has 4 rings (SSSR count). The SMILES string of the molecule is CCC1CN(Cc2ccc(-c3ccc(C)c4c(C#N)c[nH]c34)cc2)CCN1.CON. The molecule has 1 fully saturated rings. The van der Waals surface area contributed by atoms with Crippen molar-refractivity contribution in [3.63, 3.8) is 0 Å². The molecule has 0 radical (unpaired) electrons. The molecule has 1 saturated heterocycles. The summed E-state index contributed by atoms with van der Waals surface area (Å²) in [4.78, 5) is 9.59. The summed E-state index contributed by atoms with van der Waals surface area (Å²) in [7, 11) is 1.40. The Kier molecular flexibility index (Phi) is 7.61. The van der Waals surface area contributed by atoms with Crippen LogP contribution in [0.25, 0.3) is 22.0 Å². The Balaban J connectivity index is 0.000000806. The monoisotopic (exact) mass is 405 g/mol. The van der Waals surface area contributed by atoms with Gasteiger partial charge in [-0.3, -0.25) is 4.90 Å². The lowest BCUT2D eigenvalue weighted by atomic mass is 9.98. The third-order valence-electron chi connectivity index (χ3n) is 5.67. The van der Waals surface area contributed by atoms with Crippen LogP contribution in [0.3, 0.4) is 0 Å².